The van der Waals surface area contributed by atoms with Crippen LogP contribution in [0.15, 0.2) is 72.8 Å². The first-order valence-corrected chi connectivity index (χ1v) is 17.9. The molecule has 0 N–H and O–H groups in total. The number of benzene rings is 3. The summed E-state index contributed by atoms with van der Waals surface area (Å²) in [4.78, 5) is 0. The molecule has 0 amide bonds. The zero-order valence-electron chi connectivity index (χ0n) is 20.1. The Kier molecular flexibility index (Phi) is 7.59. The van der Waals surface area contributed by atoms with Gasteiger partial charge in [-0.2, -0.15) is 0 Å². The molecular formula is C28H34O2Si2. The molecule has 0 aliphatic carbocycles. The predicted octanol–water partition coefficient (Wildman–Crippen LogP) is 8.45. The lowest BCUT2D eigenvalue weighted by Crippen LogP contribution is -2.29. The number of hydrogen-bond acceptors (Lipinski definition) is 2. The van der Waals surface area contributed by atoms with E-state index in [1.807, 2.05) is 24.3 Å². The summed E-state index contributed by atoms with van der Waals surface area (Å²) < 4.78 is 12.4. The minimum absolute atomic E-state index is 0.960. The Hall–Kier alpha value is -2.83. The van der Waals surface area contributed by atoms with Crippen LogP contribution in [-0.4, -0.2) is 16.6 Å². The van der Waals surface area contributed by atoms with Crippen LogP contribution < -0.4 is 8.85 Å². The second kappa shape index (κ2) is 10.2. The van der Waals surface area contributed by atoms with Gasteiger partial charge < -0.3 is 8.85 Å². The van der Waals surface area contributed by atoms with Crippen LogP contribution in [0.1, 0.15) is 22.3 Å². The maximum absolute atomic E-state index is 6.22. The quantitative estimate of drug-likeness (QED) is 0.249. The summed E-state index contributed by atoms with van der Waals surface area (Å²) in [7, 11) is -3.30. The Morgan fingerprint density at radius 2 is 0.812 bits per heavy atom. The minimum atomic E-state index is -1.65. The molecule has 0 aliphatic heterocycles. The van der Waals surface area contributed by atoms with Gasteiger partial charge in [0.2, 0.25) is 16.6 Å². The first-order chi connectivity index (χ1) is 15.1. The van der Waals surface area contributed by atoms with Crippen molar-refractivity contribution in [1.82, 2.24) is 0 Å². The highest BCUT2D eigenvalue weighted by molar-refractivity contribution is 6.70. The van der Waals surface area contributed by atoms with E-state index in [4.69, 9.17) is 8.85 Å². The van der Waals surface area contributed by atoms with Crippen LogP contribution in [0, 0.1) is 0 Å². The summed E-state index contributed by atoms with van der Waals surface area (Å²) in [5, 5.41) is 0. The summed E-state index contributed by atoms with van der Waals surface area (Å²) in [6, 6.07) is 25.0. The van der Waals surface area contributed by atoms with E-state index in [-0.39, 0.29) is 0 Å². The van der Waals surface area contributed by atoms with E-state index in [0.29, 0.717) is 0 Å². The van der Waals surface area contributed by atoms with Gasteiger partial charge in [-0.1, -0.05) is 85.0 Å². The molecule has 0 fully saturated rings. The van der Waals surface area contributed by atoms with E-state index in [9.17, 15) is 0 Å². The van der Waals surface area contributed by atoms with Crippen LogP contribution in [0.25, 0.3) is 24.3 Å². The van der Waals surface area contributed by atoms with E-state index in [0.717, 1.165) is 33.8 Å². The maximum Gasteiger partial charge on any atom is 0.242 e. The molecule has 3 rings (SSSR count). The third-order valence-electron chi connectivity index (χ3n) is 4.52. The molecule has 2 nitrogen and oxygen atoms in total. The van der Waals surface area contributed by atoms with Crippen molar-refractivity contribution >= 4 is 40.9 Å². The maximum atomic E-state index is 6.22. The van der Waals surface area contributed by atoms with Crippen LogP contribution in [0.5, 0.6) is 11.5 Å². The standard InChI is InChI=1S/C28H34O2Si2/c1-31(2,3)29-27-13-9-7-11-25(27)21-19-23-15-17-24(18-16-23)20-22-26-12-8-10-14-28(26)30-32(4,5)6/h7-22H,1-6H3. The Morgan fingerprint density at radius 3 is 1.16 bits per heavy atom. The van der Waals surface area contributed by atoms with Crippen molar-refractivity contribution in [1.29, 1.82) is 0 Å². The van der Waals surface area contributed by atoms with Crippen LogP contribution in [0.4, 0.5) is 0 Å². The van der Waals surface area contributed by atoms with Gasteiger partial charge in [0.25, 0.3) is 0 Å². The highest BCUT2D eigenvalue weighted by Crippen LogP contribution is 2.25. The van der Waals surface area contributed by atoms with Gasteiger partial charge in [0.05, 0.1) is 0 Å². The number of rotatable bonds is 8. The molecule has 32 heavy (non-hydrogen) atoms. The van der Waals surface area contributed by atoms with E-state index < -0.39 is 16.6 Å². The van der Waals surface area contributed by atoms with E-state index in [1.54, 1.807) is 0 Å². The topological polar surface area (TPSA) is 18.5 Å². The smallest absolute Gasteiger partial charge is 0.242 e. The predicted molar refractivity (Wildman–Crippen MR) is 145 cm³/mol. The molecule has 4 heteroatoms. The lowest BCUT2D eigenvalue weighted by Gasteiger charge is -2.20. The van der Waals surface area contributed by atoms with Crippen LogP contribution in [-0.2, 0) is 0 Å². The number of hydrogen-bond donors (Lipinski definition) is 0. The molecular weight excluding hydrogens is 424 g/mol. The molecule has 3 aromatic rings. The van der Waals surface area contributed by atoms with Gasteiger partial charge in [-0.05, 0) is 62.5 Å². The molecule has 0 aromatic heterocycles. The SMILES string of the molecule is C[Si](C)(C)Oc1ccccc1C=Cc1ccc(C=Cc2ccccc2O[Si](C)(C)C)cc1. The van der Waals surface area contributed by atoms with Crippen LogP contribution >= 0.6 is 0 Å². The van der Waals surface area contributed by atoms with E-state index in [2.05, 4.69) is 112 Å². The van der Waals surface area contributed by atoms with Crippen molar-refractivity contribution in [3.8, 4) is 11.5 Å². The molecule has 166 valence electrons. The van der Waals surface area contributed by atoms with Gasteiger partial charge in [0, 0.05) is 11.1 Å². The van der Waals surface area contributed by atoms with Crippen molar-refractivity contribution in [2.45, 2.75) is 39.3 Å². The Bertz CT molecular complexity index is 997. The van der Waals surface area contributed by atoms with Gasteiger partial charge in [-0.3, -0.25) is 0 Å². The molecule has 0 aliphatic rings. The lowest BCUT2D eigenvalue weighted by molar-refractivity contribution is 0.556. The number of para-hydroxylation sites is 2. The fourth-order valence-electron chi connectivity index (χ4n) is 3.17. The summed E-state index contributed by atoms with van der Waals surface area (Å²) in [6.45, 7) is 13.2. The molecule has 0 spiro atoms. The molecule has 0 heterocycles. The Labute approximate surface area is 195 Å². The largest absolute Gasteiger partial charge is 0.544 e. The lowest BCUT2D eigenvalue weighted by atomic mass is 10.1. The highest BCUT2D eigenvalue weighted by atomic mass is 28.4. The monoisotopic (exact) mass is 458 g/mol. The van der Waals surface area contributed by atoms with E-state index in [1.165, 1.54) is 0 Å². The van der Waals surface area contributed by atoms with Gasteiger partial charge in [-0.15, -0.1) is 0 Å². The zero-order chi connectivity index (χ0) is 23.2. The first-order valence-electron chi connectivity index (χ1n) is 11.1. The fourth-order valence-corrected chi connectivity index (χ4v) is 4.86. The summed E-state index contributed by atoms with van der Waals surface area (Å²) in [5.41, 5.74) is 4.54. The van der Waals surface area contributed by atoms with Crippen LogP contribution in [0.3, 0.4) is 0 Å². The van der Waals surface area contributed by atoms with Crippen molar-refractivity contribution in [2.75, 3.05) is 0 Å². The molecule has 0 saturated heterocycles. The molecule has 0 radical (unpaired) electrons. The third kappa shape index (κ3) is 7.70. The molecule has 0 atom stereocenters. The highest BCUT2D eigenvalue weighted by Gasteiger charge is 2.18. The third-order valence-corrected chi connectivity index (χ3v) is 6.18. The van der Waals surface area contributed by atoms with Gasteiger partial charge in [-0.25, -0.2) is 0 Å². The Morgan fingerprint density at radius 1 is 0.469 bits per heavy atom. The molecule has 0 unspecified atom stereocenters. The normalized spacial score (nSPS) is 12.4. The summed E-state index contributed by atoms with van der Waals surface area (Å²) in [5.74, 6) is 1.92. The van der Waals surface area contributed by atoms with Crippen molar-refractivity contribution in [2.24, 2.45) is 0 Å². The van der Waals surface area contributed by atoms with Crippen LogP contribution in [0.2, 0.25) is 39.3 Å². The average Bonchev–Trinajstić information content (AvgIpc) is 2.71. The summed E-state index contributed by atoms with van der Waals surface area (Å²) >= 11 is 0. The molecule has 0 saturated carbocycles. The van der Waals surface area contributed by atoms with Crippen molar-refractivity contribution in [3.05, 3.63) is 95.1 Å². The van der Waals surface area contributed by atoms with Gasteiger partial charge in [0.1, 0.15) is 11.5 Å². The Balaban J connectivity index is 1.72. The second-order valence-corrected chi connectivity index (χ2v) is 18.7. The minimum Gasteiger partial charge on any atom is -0.544 e. The fraction of sp³-hybridized carbons (Fsp3) is 0.214. The first kappa shape index (κ1) is 23.8. The van der Waals surface area contributed by atoms with Gasteiger partial charge >= 0.3 is 0 Å². The van der Waals surface area contributed by atoms with Gasteiger partial charge in [0.15, 0.2) is 0 Å². The average molecular weight is 459 g/mol. The molecule has 3 aromatic carbocycles. The molecule has 0 bridgehead atoms. The van der Waals surface area contributed by atoms with Crippen molar-refractivity contribution < 1.29 is 8.85 Å². The van der Waals surface area contributed by atoms with E-state index >= 15 is 0 Å². The second-order valence-electron chi connectivity index (χ2n) is 9.84. The van der Waals surface area contributed by atoms with Crippen molar-refractivity contribution in [3.63, 3.8) is 0 Å². The zero-order valence-corrected chi connectivity index (χ0v) is 22.1. The summed E-state index contributed by atoms with van der Waals surface area (Å²) in [6.07, 6.45) is 8.53.